The van der Waals surface area contributed by atoms with Gasteiger partial charge in [0.25, 0.3) is 0 Å². The van der Waals surface area contributed by atoms with Crippen molar-refractivity contribution in [2.75, 3.05) is 6.61 Å². The van der Waals surface area contributed by atoms with E-state index >= 15 is 0 Å². The number of fused-ring (bicyclic) bond motifs is 1. The highest BCUT2D eigenvalue weighted by molar-refractivity contribution is 7.17. The van der Waals surface area contributed by atoms with Crippen LogP contribution >= 0.6 is 11.3 Å². The number of hydrogen-bond acceptors (Lipinski definition) is 4. The number of imidazole rings is 1. The van der Waals surface area contributed by atoms with Crippen molar-refractivity contribution in [1.29, 1.82) is 0 Å². The van der Waals surface area contributed by atoms with Gasteiger partial charge in [0, 0.05) is 30.9 Å². The second-order valence-corrected chi connectivity index (χ2v) is 7.06. The molecule has 120 valence electrons. The van der Waals surface area contributed by atoms with E-state index in [1.165, 1.54) is 15.6 Å². The molecule has 0 amide bonds. The molecule has 0 aliphatic carbocycles. The Bertz CT molecular complexity index is 794. The van der Waals surface area contributed by atoms with E-state index in [0.717, 1.165) is 31.7 Å². The van der Waals surface area contributed by atoms with E-state index in [1.54, 1.807) is 0 Å². The van der Waals surface area contributed by atoms with E-state index < -0.39 is 0 Å². The first-order chi connectivity index (χ1) is 11.3. The quantitative estimate of drug-likeness (QED) is 0.795. The van der Waals surface area contributed by atoms with Gasteiger partial charge in [0.15, 0.2) is 0 Å². The first-order valence-electron chi connectivity index (χ1n) is 8.07. The van der Waals surface area contributed by atoms with Gasteiger partial charge in [-0.2, -0.15) is 0 Å². The molecule has 0 saturated carbocycles. The van der Waals surface area contributed by atoms with Gasteiger partial charge in [-0.15, -0.1) is 11.3 Å². The summed E-state index contributed by atoms with van der Waals surface area (Å²) in [5.74, 6) is 0. The molecule has 1 aliphatic heterocycles. The van der Waals surface area contributed by atoms with E-state index in [2.05, 4.69) is 44.5 Å². The molecule has 4 nitrogen and oxygen atoms in total. The van der Waals surface area contributed by atoms with Crippen molar-refractivity contribution < 1.29 is 4.74 Å². The minimum Gasteiger partial charge on any atom is -0.372 e. The van der Waals surface area contributed by atoms with Crippen LogP contribution in [-0.4, -0.2) is 22.2 Å². The Morgan fingerprint density at radius 1 is 1.39 bits per heavy atom. The van der Waals surface area contributed by atoms with Gasteiger partial charge in [0.1, 0.15) is 6.10 Å². The first kappa shape index (κ1) is 14.9. The van der Waals surface area contributed by atoms with Crippen molar-refractivity contribution in [3.8, 4) is 0 Å². The van der Waals surface area contributed by atoms with Crippen LogP contribution in [0.1, 0.15) is 30.2 Å². The number of rotatable bonds is 4. The van der Waals surface area contributed by atoms with Gasteiger partial charge >= 0.3 is 0 Å². The number of nitrogens with one attached hydrogen (secondary N) is 1. The van der Waals surface area contributed by atoms with Gasteiger partial charge in [0.05, 0.1) is 18.2 Å². The molecular formula is C18H21N3OS. The molecule has 0 bridgehead atoms. The van der Waals surface area contributed by atoms with Gasteiger partial charge in [-0.3, -0.25) is 0 Å². The highest BCUT2D eigenvalue weighted by Gasteiger charge is 2.25. The lowest BCUT2D eigenvalue weighted by Gasteiger charge is -2.30. The molecule has 1 aliphatic rings. The zero-order valence-electron chi connectivity index (χ0n) is 13.2. The monoisotopic (exact) mass is 327 g/mol. The third-order valence-corrected chi connectivity index (χ3v) is 5.62. The Morgan fingerprint density at radius 2 is 2.30 bits per heavy atom. The summed E-state index contributed by atoms with van der Waals surface area (Å²) in [7, 11) is 2.03. The third-order valence-electron chi connectivity index (χ3n) is 4.61. The molecule has 1 N–H and O–H groups in total. The van der Waals surface area contributed by atoms with Crippen molar-refractivity contribution in [3.05, 3.63) is 53.4 Å². The van der Waals surface area contributed by atoms with Crippen LogP contribution in [0.15, 0.2) is 42.2 Å². The maximum absolute atomic E-state index is 5.94. The van der Waals surface area contributed by atoms with Crippen molar-refractivity contribution in [2.24, 2.45) is 7.05 Å². The highest BCUT2D eigenvalue weighted by atomic mass is 32.1. The van der Waals surface area contributed by atoms with Gasteiger partial charge in [-0.1, -0.05) is 18.2 Å². The summed E-state index contributed by atoms with van der Waals surface area (Å²) in [6, 6.07) is 9.11. The Labute approximate surface area is 140 Å². The molecule has 3 heterocycles. The number of aryl methyl sites for hydroxylation is 1. The number of hydrogen-bond donors (Lipinski definition) is 1. The number of benzene rings is 1. The molecule has 23 heavy (non-hydrogen) atoms. The van der Waals surface area contributed by atoms with E-state index in [1.807, 2.05) is 30.9 Å². The Kier molecular flexibility index (Phi) is 4.16. The van der Waals surface area contributed by atoms with E-state index in [9.17, 15) is 0 Å². The van der Waals surface area contributed by atoms with Crippen molar-refractivity contribution in [2.45, 2.75) is 31.5 Å². The fraction of sp³-hybridized carbons (Fsp3) is 0.389. The standard InChI is InChI=1S/C18H21N3OS/c1-21-12-19-10-16(21)17-8-14(6-7-22-17)20-9-13-11-23-18-5-3-2-4-15(13)18/h2-5,10-12,14,17,20H,6-9H2,1H3/t14-,17-/m0/s1. The van der Waals surface area contributed by atoms with E-state index in [-0.39, 0.29) is 6.10 Å². The minimum absolute atomic E-state index is 0.146. The Morgan fingerprint density at radius 3 is 3.17 bits per heavy atom. The molecule has 3 aromatic rings. The molecule has 1 saturated heterocycles. The second-order valence-electron chi connectivity index (χ2n) is 6.15. The topological polar surface area (TPSA) is 39.1 Å². The normalized spacial score (nSPS) is 21.8. The smallest absolute Gasteiger partial charge is 0.100 e. The molecule has 0 unspecified atom stereocenters. The Balaban J connectivity index is 1.42. The van der Waals surface area contributed by atoms with Crippen LogP contribution in [0.3, 0.4) is 0 Å². The summed E-state index contributed by atoms with van der Waals surface area (Å²) in [4.78, 5) is 4.21. The lowest BCUT2D eigenvalue weighted by Crippen LogP contribution is -2.36. The fourth-order valence-corrected chi connectivity index (χ4v) is 4.25. The van der Waals surface area contributed by atoms with Crippen LogP contribution in [0.2, 0.25) is 0 Å². The number of nitrogens with zero attached hydrogens (tertiary/aromatic N) is 2. The molecule has 0 spiro atoms. The SMILES string of the molecule is Cn1cncc1[C@@H]1C[C@@H](NCc2csc3ccccc23)CCO1. The van der Waals surface area contributed by atoms with Crippen LogP contribution in [0, 0.1) is 0 Å². The average Bonchev–Trinajstić information content (AvgIpc) is 3.19. The zero-order chi connectivity index (χ0) is 15.6. The largest absolute Gasteiger partial charge is 0.372 e. The molecule has 2 aromatic heterocycles. The van der Waals surface area contributed by atoms with Crippen LogP contribution in [0.25, 0.3) is 10.1 Å². The molecular weight excluding hydrogens is 306 g/mol. The van der Waals surface area contributed by atoms with Gasteiger partial charge < -0.3 is 14.6 Å². The van der Waals surface area contributed by atoms with Crippen molar-refractivity contribution >= 4 is 21.4 Å². The second kappa shape index (κ2) is 6.43. The van der Waals surface area contributed by atoms with E-state index in [0.29, 0.717) is 6.04 Å². The van der Waals surface area contributed by atoms with E-state index in [4.69, 9.17) is 4.74 Å². The number of ether oxygens (including phenoxy) is 1. The maximum Gasteiger partial charge on any atom is 0.100 e. The highest BCUT2D eigenvalue weighted by Crippen LogP contribution is 2.29. The number of thiophene rings is 1. The van der Waals surface area contributed by atoms with Crippen LogP contribution < -0.4 is 5.32 Å². The van der Waals surface area contributed by atoms with Crippen molar-refractivity contribution in [1.82, 2.24) is 14.9 Å². The average molecular weight is 327 g/mol. The first-order valence-corrected chi connectivity index (χ1v) is 8.95. The predicted octanol–water partition coefficient (Wildman–Crippen LogP) is 3.64. The molecule has 0 radical (unpaired) electrons. The molecule has 5 heteroatoms. The zero-order valence-corrected chi connectivity index (χ0v) is 14.1. The van der Waals surface area contributed by atoms with Crippen LogP contribution in [-0.2, 0) is 18.3 Å². The molecule has 4 rings (SSSR count). The van der Waals surface area contributed by atoms with Gasteiger partial charge in [-0.05, 0) is 35.2 Å². The Hall–Kier alpha value is -1.69. The summed E-state index contributed by atoms with van der Waals surface area (Å²) < 4.78 is 9.36. The fourth-order valence-electron chi connectivity index (χ4n) is 3.29. The van der Waals surface area contributed by atoms with Crippen molar-refractivity contribution in [3.63, 3.8) is 0 Å². The lowest BCUT2D eigenvalue weighted by atomic mass is 10.0. The van der Waals surface area contributed by atoms with Crippen LogP contribution in [0.4, 0.5) is 0 Å². The number of aromatic nitrogens is 2. The van der Waals surface area contributed by atoms with Gasteiger partial charge in [-0.25, -0.2) is 4.98 Å². The minimum atomic E-state index is 0.146. The summed E-state index contributed by atoms with van der Waals surface area (Å²) >= 11 is 1.82. The predicted molar refractivity (Wildman–Crippen MR) is 93.6 cm³/mol. The molecule has 1 fully saturated rings. The summed E-state index contributed by atoms with van der Waals surface area (Å²) in [5, 5.41) is 7.37. The lowest BCUT2D eigenvalue weighted by molar-refractivity contribution is -0.00402. The van der Waals surface area contributed by atoms with Gasteiger partial charge in [0.2, 0.25) is 0 Å². The maximum atomic E-state index is 5.94. The summed E-state index contributed by atoms with van der Waals surface area (Å²) in [5.41, 5.74) is 2.56. The summed E-state index contributed by atoms with van der Waals surface area (Å²) in [6.07, 6.45) is 5.97. The third kappa shape index (κ3) is 3.04. The molecule has 1 aromatic carbocycles. The summed E-state index contributed by atoms with van der Waals surface area (Å²) in [6.45, 7) is 1.73. The molecule has 2 atom stereocenters. The van der Waals surface area contributed by atoms with Crippen LogP contribution in [0.5, 0.6) is 0 Å².